The SMILES string of the molecule is Cc1nc2c(n1CC(N)(C(=O)O)C1CC1)CCCC2. The fourth-order valence-electron chi connectivity index (χ4n) is 3.18. The van der Waals surface area contributed by atoms with Crippen molar-refractivity contribution in [3.05, 3.63) is 17.2 Å². The molecule has 1 atom stereocenters. The number of hydrogen-bond acceptors (Lipinski definition) is 3. The maximum atomic E-state index is 11.5. The number of carboxylic acids is 1. The van der Waals surface area contributed by atoms with E-state index in [0.717, 1.165) is 43.6 Å². The Morgan fingerprint density at radius 3 is 2.79 bits per heavy atom. The van der Waals surface area contributed by atoms with Gasteiger partial charge < -0.3 is 15.4 Å². The van der Waals surface area contributed by atoms with Gasteiger partial charge in [-0.2, -0.15) is 0 Å². The maximum Gasteiger partial charge on any atom is 0.325 e. The Hall–Kier alpha value is -1.36. The third-order valence-corrected chi connectivity index (χ3v) is 4.55. The molecule has 1 unspecified atom stereocenters. The molecule has 0 spiro atoms. The molecule has 3 rings (SSSR count). The molecule has 2 aliphatic rings. The highest BCUT2D eigenvalue weighted by Crippen LogP contribution is 2.40. The number of hydrogen-bond donors (Lipinski definition) is 2. The molecule has 5 heteroatoms. The summed E-state index contributed by atoms with van der Waals surface area (Å²) in [7, 11) is 0. The van der Waals surface area contributed by atoms with Gasteiger partial charge in [-0.25, -0.2) is 4.98 Å². The van der Waals surface area contributed by atoms with E-state index in [-0.39, 0.29) is 5.92 Å². The van der Waals surface area contributed by atoms with Crippen molar-refractivity contribution in [3.63, 3.8) is 0 Å². The molecule has 5 nitrogen and oxygen atoms in total. The number of aromatic nitrogens is 2. The molecule has 1 fully saturated rings. The van der Waals surface area contributed by atoms with E-state index in [0.29, 0.717) is 6.54 Å². The first kappa shape index (κ1) is 12.7. The zero-order valence-electron chi connectivity index (χ0n) is 11.4. The minimum Gasteiger partial charge on any atom is -0.480 e. The van der Waals surface area contributed by atoms with Crippen LogP contribution in [0.5, 0.6) is 0 Å². The zero-order chi connectivity index (χ0) is 13.6. The summed E-state index contributed by atoms with van der Waals surface area (Å²) in [5.74, 6) is 0.141. The average molecular weight is 263 g/mol. The predicted octanol–water partition coefficient (Wildman–Crippen LogP) is 1.26. The van der Waals surface area contributed by atoms with Gasteiger partial charge >= 0.3 is 5.97 Å². The Morgan fingerprint density at radius 2 is 2.16 bits per heavy atom. The van der Waals surface area contributed by atoms with Gasteiger partial charge in [0, 0.05) is 5.69 Å². The first-order chi connectivity index (χ1) is 9.02. The molecule has 0 aromatic carbocycles. The Bertz CT molecular complexity index is 519. The van der Waals surface area contributed by atoms with Crippen LogP contribution in [0, 0.1) is 12.8 Å². The van der Waals surface area contributed by atoms with Crippen molar-refractivity contribution in [1.29, 1.82) is 0 Å². The molecule has 1 heterocycles. The molecule has 1 aromatic heterocycles. The molecule has 0 radical (unpaired) electrons. The largest absolute Gasteiger partial charge is 0.480 e. The smallest absolute Gasteiger partial charge is 0.325 e. The number of carboxylic acid groups (broad SMARTS) is 1. The summed E-state index contributed by atoms with van der Waals surface area (Å²) in [6.45, 7) is 2.31. The Kier molecular flexibility index (Phi) is 2.89. The van der Waals surface area contributed by atoms with Gasteiger partial charge in [0.15, 0.2) is 0 Å². The molecule has 0 amide bonds. The van der Waals surface area contributed by atoms with Crippen LogP contribution >= 0.6 is 0 Å². The molecule has 0 saturated heterocycles. The minimum atomic E-state index is -1.13. The molecule has 104 valence electrons. The number of fused-ring (bicyclic) bond motifs is 1. The van der Waals surface area contributed by atoms with Crippen molar-refractivity contribution in [1.82, 2.24) is 9.55 Å². The molecule has 0 bridgehead atoms. The van der Waals surface area contributed by atoms with Gasteiger partial charge in [-0.15, -0.1) is 0 Å². The molecular formula is C14H21N3O2. The third-order valence-electron chi connectivity index (χ3n) is 4.55. The number of rotatable bonds is 4. The molecule has 1 aromatic rings. The summed E-state index contributed by atoms with van der Waals surface area (Å²) in [5.41, 5.74) is 7.42. The van der Waals surface area contributed by atoms with Crippen LogP contribution in [0.4, 0.5) is 0 Å². The minimum absolute atomic E-state index is 0.117. The van der Waals surface area contributed by atoms with Crippen LogP contribution < -0.4 is 5.73 Å². The molecule has 3 N–H and O–H groups in total. The van der Waals surface area contributed by atoms with E-state index in [1.54, 1.807) is 0 Å². The number of imidazole rings is 1. The van der Waals surface area contributed by atoms with E-state index < -0.39 is 11.5 Å². The van der Waals surface area contributed by atoms with E-state index in [1.807, 2.05) is 6.92 Å². The molecule has 0 aliphatic heterocycles. The van der Waals surface area contributed by atoms with E-state index in [1.165, 1.54) is 12.1 Å². The highest BCUT2D eigenvalue weighted by Gasteiger charge is 2.49. The van der Waals surface area contributed by atoms with E-state index in [2.05, 4.69) is 9.55 Å². The Labute approximate surface area is 112 Å². The monoisotopic (exact) mass is 263 g/mol. The van der Waals surface area contributed by atoms with Crippen LogP contribution in [0.3, 0.4) is 0 Å². The summed E-state index contributed by atoms with van der Waals surface area (Å²) in [6, 6.07) is 0. The molecule has 1 saturated carbocycles. The Balaban J connectivity index is 1.94. The highest BCUT2D eigenvalue weighted by atomic mass is 16.4. The lowest BCUT2D eigenvalue weighted by atomic mass is 9.93. The number of nitrogens with zero attached hydrogens (tertiary/aromatic N) is 2. The van der Waals surface area contributed by atoms with Crippen molar-refractivity contribution in [2.45, 2.75) is 57.5 Å². The highest BCUT2D eigenvalue weighted by molar-refractivity contribution is 5.79. The summed E-state index contributed by atoms with van der Waals surface area (Å²) in [5, 5.41) is 9.48. The van der Waals surface area contributed by atoms with Crippen molar-refractivity contribution < 1.29 is 9.90 Å². The maximum absolute atomic E-state index is 11.5. The van der Waals surface area contributed by atoms with Crippen LogP contribution in [-0.4, -0.2) is 26.2 Å². The van der Waals surface area contributed by atoms with Gasteiger partial charge in [0.2, 0.25) is 0 Å². The summed E-state index contributed by atoms with van der Waals surface area (Å²) in [6.07, 6.45) is 6.20. The van der Waals surface area contributed by atoms with Crippen LogP contribution in [0.25, 0.3) is 0 Å². The van der Waals surface area contributed by atoms with Crippen molar-refractivity contribution in [2.75, 3.05) is 0 Å². The average Bonchev–Trinajstić information content (AvgIpc) is 3.17. The van der Waals surface area contributed by atoms with Gasteiger partial charge in [0.25, 0.3) is 0 Å². The second kappa shape index (κ2) is 4.34. The van der Waals surface area contributed by atoms with Crippen molar-refractivity contribution >= 4 is 5.97 Å². The van der Waals surface area contributed by atoms with Gasteiger partial charge in [-0.1, -0.05) is 0 Å². The van der Waals surface area contributed by atoms with Crippen molar-refractivity contribution in [2.24, 2.45) is 11.7 Å². The Morgan fingerprint density at radius 1 is 1.47 bits per heavy atom. The number of aryl methyl sites for hydroxylation is 2. The second-order valence-corrected chi connectivity index (χ2v) is 5.97. The molecular weight excluding hydrogens is 242 g/mol. The lowest BCUT2D eigenvalue weighted by Gasteiger charge is -2.27. The fourth-order valence-corrected chi connectivity index (χ4v) is 3.18. The molecule has 19 heavy (non-hydrogen) atoms. The summed E-state index contributed by atoms with van der Waals surface area (Å²) >= 11 is 0. The third kappa shape index (κ3) is 2.06. The predicted molar refractivity (Wildman–Crippen MR) is 70.9 cm³/mol. The first-order valence-corrected chi connectivity index (χ1v) is 7.09. The standard InChI is InChI=1S/C14H21N3O2/c1-9-16-11-4-2-3-5-12(11)17(9)8-14(15,13(18)19)10-6-7-10/h10H,2-8,15H2,1H3,(H,18,19). The van der Waals surface area contributed by atoms with Gasteiger partial charge in [-0.05, 0) is 51.4 Å². The second-order valence-electron chi connectivity index (χ2n) is 5.97. The summed E-state index contributed by atoms with van der Waals surface area (Å²) < 4.78 is 2.06. The van der Waals surface area contributed by atoms with E-state index >= 15 is 0 Å². The lowest BCUT2D eigenvalue weighted by Crippen LogP contribution is -2.53. The molecule has 2 aliphatic carbocycles. The van der Waals surface area contributed by atoms with E-state index in [9.17, 15) is 9.90 Å². The van der Waals surface area contributed by atoms with E-state index in [4.69, 9.17) is 5.73 Å². The van der Waals surface area contributed by atoms with Crippen LogP contribution in [0.15, 0.2) is 0 Å². The van der Waals surface area contributed by atoms with Gasteiger partial charge in [0.05, 0.1) is 12.2 Å². The number of aliphatic carboxylic acids is 1. The quantitative estimate of drug-likeness (QED) is 0.857. The number of carbonyl (C=O) groups is 1. The normalized spacial score (nSPS) is 21.8. The first-order valence-electron chi connectivity index (χ1n) is 7.09. The fraction of sp³-hybridized carbons (Fsp3) is 0.714. The van der Waals surface area contributed by atoms with Gasteiger partial charge in [0.1, 0.15) is 11.4 Å². The zero-order valence-corrected chi connectivity index (χ0v) is 11.4. The lowest BCUT2D eigenvalue weighted by molar-refractivity contribution is -0.144. The van der Waals surface area contributed by atoms with Crippen LogP contribution in [-0.2, 0) is 24.2 Å². The van der Waals surface area contributed by atoms with Gasteiger partial charge in [-0.3, -0.25) is 4.79 Å². The van der Waals surface area contributed by atoms with Crippen LogP contribution in [0.1, 0.15) is 42.9 Å². The summed E-state index contributed by atoms with van der Waals surface area (Å²) in [4.78, 5) is 16.1. The topological polar surface area (TPSA) is 81.1 Å². The van der Waals surface area contributed by atoms with Crippen LogP contribution in [0.2, 0.25) is 0 Å². The number of nitrogens with two attached hydrogens (primary N) is 1. The van der Waals surface area contributed by atoms with Crippen molar-refractivity contribution in [3.8, 4) is 0 Å².